The first-order valence-corrected chi connectivity index (χ1v) is 4.13. The van der Waals surface area contributed by atoms with Gasteiger partial charge in [-0.15, -0.1) is 0 Å². The van der Waals surface area contributed by atoms with Gasteiger partial charge < -0.3 is 0 Å². The van der Waals surface area contributed by atoms with Crippen molar-refractivity contribution < 1.29 is 18.9 Å². The smallest absolute Gasteiger partial charge is 0.279 e. The van der Waals surface area contributed by atoms with Crippen molar-refractivity contribution >= 4 is 12.0 Å². The fraction of sp³-hybridized carbons (Fsp3) is 0.714. The van der Waals surface area contributed by atoms with Crippen LogP contribution in [0, 0.1) is 0 Å². The molecule has 80 valence electrons. The monoisotopic (exact) mass is 212 g/mol. The first kappa shape index (κ1) is 10.1. The Kier molecular flexibility index (Phi) is 3.31. The Labute approximate surface area is 85.0 Å². The van der Waals surface area contributed by atoms with Gasteiger partial charge in [0.15, 0.2) is 26.9 Å². The van der Waals surface area contributed by atoms with Crippen LogP contribution in [0.3, 0.4) is 0 Å². The average molecular weight is 212 g/mol. The van der Waals surface area contributed by atoms with Crippen LogP contribution in [0.5, 0.6) is 0 Å². The van der Waals surface area contributed by atoms with Crippen LogP contribution in [-0.4, -0.2) is 45.1 Å². The Morgan fingerprint density at radius 2 is 1.00 bits per heavy atom. The highest BCUT2D eigenvalue weighted by molar-refractivity contribution is 5.41. The van der Waals surface area contributed by atoms with Gasteiger partial charge in [0.05, 0.1) is 12.0 Å². The topological polar surface area (TPSA) is 86.4 Å². The highest BCUT2D eigenvalue weighted by Gasteiger charge is 2.37. The quantitative estimate of drug-likeness (QED) is 0.559. The van der Waals surface area contributed by atoms with Crippen LogP contribution in [0.25, 0.3) is 0 Å². The zero-order valence-corrected chi connectivity index (χ0v) is 7.75. The van der Waals surface area contributed by atoms with Crippen molar-refractivity contribution in [1.82, 2.24) is 0 Å². The van der Waals surface area contributed by atoms with E-state index in [9.17, 15) is 0 Å². The van der Waals surface area contributed by atoms with E-state index in [1.165, 1.54) is 0 Å². The first-order valence-electron chi connectivity index (χ1n) is 4.13. The highest BCUT2D eigenvalue weighted by Crippen LogP contribution is 2.19. The molecule has 0 radical (unpaired) electrons. The summed E-state index contributed by atoms with van der Waals surface area (Å²) < 4.78 is 20.6. The van der Waals surface area contributed by atoms with E-state index in [0.29, 0.717) is 0 Å². The minimum atomic E-state index is -1.65. The van der Waals surface area contributed by atoms with E-state index in [-0.39, 0.29) is 26.9 Å². The Morgan fingerprint density at radius 1 is 0.667 bits per heavy atom. The number of rotatable bonds is 0. The molecule has 0 bridgehead atoms. The molecule has 0 aromatic rings. The Morgan fingerprint density at radius 3 is 1.33 bits per heavy atom. The van der Waals surface area contributed by atoms with E-state index in [0.717, 1.165) is 0 Å². The molecular weight excluding hydrogens is 204 g/mol. The maximum Gasteiger partial charge on any atom is 0.419 e. The zero-order chi connectivity index (χ0) is 10.4. The molecule has 8 heteroatoms. The summed E-state index contributed by atoms with van der Waals surface area (Å²) in [6, 6.07) is 4.73. The molecule has 2 aliphatic rings. The molecule has 1 spiro atoms. The van der Waals surface area contributed by atoms with Crippen LogP contribution in [0.15, 0.2) is 20.0 Å². The fourth-order valence-electron chi connectivity index (χ4n) is 0.911. The van der Waals surface area contributed by atoms with Gasteiger partial charge in [0, 0.05) is 0 Å². The van der Waals surface area contributed by atoms with Gasteiger partial charge >= 0.3 is 6.16 Å². The van der Waals surface area contributed by atoms with Gasteiger partial charge in [-0.25, -0.2) is 0 Å². The van der Waals surface area contributed by atoms with Gasteiger partial charge in [-0.1, -0.05) is 0 Å². The molecule has 2 aliphatic heterocycles. The molecule has 2 heterocycles. The van der Waals surface area contributed by atoms with Gasteiger partial charge in [0.2, 0.25) is 0 Å². The van der Waals surface area contributed by atoms with Gasteiger partial charge in [0.25, 0.3) is 0 Å². The third-order valence-electron chi connectivity index (χ3n) is 1.51. The number of ether oxygens (including phenoxy) is 4. The van der Waals surface area contributed by atoms with E-state index in [2.05, 4.69) is 32.0 Å². The summed E-state index contributed by atoms with van der Waals surface area (Å²) in [5, 5.41) is 0. The lowest BCUT2D eigenvalue weighted by molar-refractivity contribution is -0.498. The van der Waals surface area contributed by atoms with Crippen molar-refractivity contribution in [3.8, 4) is 0 Å². The maximum atomic E-state index is 5.14. The van der Waals surface area contributed by atoms with E-state index < -0.39 is 6.16 Å². The average Bonchev–Trinajstić information content (AvgIpc) is 2.15. The van der Waals surface area contributed by atoms with Crippen molar-refractivity contribution in [2.75, 3.05) is 26.9 Å². The minimum Gasteiger partial charge on any atom is -0.279 e. The number of aliphatic imine (C=N–C) groups is 4. The second kappa shape index (κ2) is 4.90. The summed E-state index contributed by atoms with van der Waals surface area (Å²) in [4.78, 5) is 14.7. The molecular formula is C7H8N4O4. The molecule has 15 heavy (non-hydrogen) atoms. The molecule has 8 nitrogen and oxygen atoms in total. The highest BCUT2D eigenvalue weighted by atomic mass is 17.0. The van der Waals surface area contributed by atoms with Crippen molar-refractivity contribution in [1.29, 1.82) is 0 Å². The van der Waals surface area contributed by atoms with Gasteiger partial charge in [-0.05, 0) is 0 Å². The Balaban J connectivity index is 2.05. The van der Waals surface area contributed by atoms with Crippen LogP contribution < -0.4 is 0 Å². The summed E-state index contributed by atoms with van der Waals surface area (Å²) in [6.07, 6.45) is -1.65. The molecule has 0 aromatic heterocycles. The largest absolute Gasteiger partial charge is 0.419 e. The summed E-state index contributed by atoms with van der Waals surface area (Å²) in [7, 11) is 0. The Bertz CT molecular complexity index is 281. The normalized spacial score (nSPS) is 30.9. The standard InChI is InChI=1S/C7H8N4O4/c1-8-3-12-7(13-4-9-1)14-5-10-2-11-6-15-7/h3-6H2. The molecule has 0 atom stereocenters. The molecule has 0 amide bonds. The zero-order valence-electron chi connectivity index (χ0n) is 7.75. The lowest BCUT2D eigenvalue weighted by Gasteiger charge is -2.29. The molecule has 0 saturated heterocycles. The Hall–Kier alpha value is -1.40. The van der Waals surface area contributed by atoms with Crippen molar-refractivity contribution in [3.63, 3.8) is 0 Å². The van der Waals surface area contributed by atoms with E-state index >= 15 is 0 Å². The summed E-state index contributed by atoms with van der Waals surface area (Å²) in [6.45, 7) is -0.123. The van der Waals surface area contributed by atoms with Gasteiger partial charge in [0.1, 0.15) is 0 Å². The van der Waals surface area contributed by atoms with Crippen LogP contribution >= 0.6 is 0 Å². The molecule has 0 aliphatic carbocycles. The lowest BCUT2D eigenvalue weighted by Crippen LogP contribution is -2.43. The van der Waals surface area contributed by atoms with E-state index in [1.54, 1.807) is 0 Å². The van der Waals surface area contributed by atoms with Crippen LogP contribution in [-0.2, 0) is 18.9 Å². The molecule has 2 rings (SSSR count). The number of nitrogens with zero attached hydrogens (tertiary/aromatic N) is 4. The maximum absolute atomic E-state index is 5.14. The van der Waals surface area contributed by atoms with E-state index in [1.807, 2.05) is 0 Å². The number of hydrogen-bond acceptors (Lipinski definition) is 8. The summed E-state index contributed by atoms with van der Waals surface area (Å²) in [5.41, 5.74) is 0. The molecule has 0 N–H and O–H groups in total. The van der Waals surface area contributed by atoms with Crippen molar-refractivity contribution in [3.05, 3.63) is 0 Å². The predicted molar refractivity (Wildman–Crippen MR) is 46.3 cm³/mol. The third-order valence-corrected chi connectivity index (χ3v) is 1.51. The van der Waals surface area contributed by atoms with Crippen LogP contribution in [0.4, 0.5) is 0 Å². The van der Waals surface area contributed by atoms with Crippen LogP contribution in [0.2, 0.25) is 0 Å². The summed E-state index contributed by atoms with van der Waals surface area (Å²) >= 11 is 0. The molecule has 0 saturated carbocycles. The van der Waals surface area contributed by atoms with Crippen LogP contribution in [0.1, 0.15) is 0 Å². The summed E-state index contributed by atoms with van der Waals surface area (Å²) in [5.74, 6) is 0. The second-order valence-corrected chi connectivity index (χ2v) is 2.43. The lowest BCUT2D eigenvalue weighted by atomic mass is 10.9. The van der Waals surface area contributed by atoms with E-state index in [4.69, 9.17) is 18.9 Å². The van der Waals surface area contributed by atoms with Gasteiger partial charge in [-0.3, -0.25) is 18.9 Å². The first-order chi connectivity index (χ1) is 7.41. The van der Waals surface area contributed by atoms with Gasteiger partial charge in [-0.2, -0.15) is 20.0 Å². The minimum absolute atomic E-state index is 0.0308. The van der Waals surface area contributed by atoms with Crippen molar-refractivity contribution in [2.24, 2.45) is 20.0 Å². The number of hydrogen-bond donors (Lipinski definition) is 0. The van der Waals surface area contributed by atoms with Crippen molar-refractivity contribution in [2.45, 2.75) is 6.16 Å². The fourth-order valence-corrected chi connectivity index (χ4v) is 0.911. The predicted octanol–water partition coefficient (Wildman–Crippen LogP) is -0.131. The SMILES string of the molecule is C1=NCOC2(OCN=1)OCN=C=NCO2. The second-order valence-electron chi connectivity index (χ2n) is 2.43. The molecule has 0 fully saturated rings. The molecule has 0 unspecified atom stereocenters. The third kappa shape index (κ3) is 2.77. The molecule has 0 aromatic carbocycles.